The number of hydrogen-bond acceptors (Lipinski definition) is 7. The number of aliphatic imine (C=N–C) groups is 1. The van der Waals surface area contributed by atoms with Gasteiger partial charge < -0.3 is 25.5 Å². The third kappa shape index (κ3) is 4.45. The summed E-state index contributed by atoms with van der Waals surface area (Å²) < 4.78 is 4.46. The summed E-state index contributed by atoms with van der Waals surface area (Å²) in [6.45, 7) is -0.736. The molecule has 0 aromatic rings. The topological polar surface area (TPSA) is 135 Å². The van der Waals surface area contributed by atoms with E-state index in [1.165, 1.54) is 30.1 Å². The van der Waals surface area contributed by atoms with Crippen molar-refractivity contribution in [3.05, 3.63) is 0 Å². The summed E-state index contributed by atoms with van der Waals surface area (Å²) in [6.07, 6.45) is -6.54. The van der Waals surface area contributed by atoms with Crippen LogP contribution in [0.2, 0.25) is 0 Å². The van der Waals surface area contributed by atoms with Crippen LogP contribution in [0.5, 0.6) is 0 Å². The summed E-state index contributed by atoms with van der Waals surface area (Å²) in [4.78, 5) is 3.58. The van der Waals surface area contributed by atoms with Gasteiger partial charge in [-0.15, -0.1) is 0 Å². The smallest absolute Gasteiger partial charge is 0.153 e. The standard InChI is InChI=1S/C7H15IN2O6/c1-9-7(10-16-8)6(15)5(14)4(13)3(12)2-11/h3-6,11-15H,2H2,1H3,(H,9,10)/t3-,4-,5+,6-/m1/s1. The minimum absolute atomic E-state index is 0.119. The van der Waals surface area contributed by atoms with Gasteiger partial charge in [0.25, 0.3) is 0 Å². The van der Waals surface area contributed by atoms with Gasteiger partial charge in [0.05, 0.1) is 6.61 Å². The Kier molecular flexibility index (Phi) is 8.09. The normalized spacial score (nSPS) is 20.1. The quantitative estimate of drug-likeness (QED) is 0.133. The second-order valence-corrected chi connectivity index (χ2v) is 3.40. The lowest BCUT2D eigenvalue weighted by molar-refractivity contribution is -0.102. The highest BCUT2D eigenvalue weighted by Crippen LogP contribution is 2.06. The second-order valence-electron chi connectivity index (χ2n) is 2.96. The monoisotopic (exact) mass is 350 g/mol. The first kappa shape index (κ1) is 16.0. The molecule has 0 aliphatic carbocycles. The van der Waals surface area contributed by atoms with Crippen molar-refractivity contribution in [1.82, 2.24) is 5.48 Å². The lowest BCUT2D eigenvalue weighted by Gasteiger charge is -2.26. The van der Waals surface area contributed by atoms with Crippen molar-refractivity contribution in [2.24, 2.45) is 4.99 Å². The highest BCUT2D eigenvalue weighted by molar-refractivity contribution is 14.1. The Hall–Kier alpha value is -0.0400. The Labute approximate surface area is 106 Å². The van der Waals surface area contributed by atoms with Crippen molar-refractivity contribution in [2.75, 3.05) is 13.7 Å². The molecular weight excluding hydrogens is 335 g/mol. The molecule has 0 aromatic carbocycles. The first-order valence-corrected chi connectivity index (χ1v) is 5.21. The number of nitrogens with one attached hydrogen (secondary N) is 1. The van der Waals surface area contributed by atoms with Crippen LogP contribution in [0, 0.1) is 0 Å². The highest BCUT2D eigenvalue weighted by atomic mass is 127. The molecule has 0 amide bonds. The average molecular weight is 350 g/mol. The van der Waals surface area contributed by atoms with E-state index in [9.17, 15) is 15.3 Å². The van der Waals surface area contributed by atoms with E-state index < -0.39 is 31.0 Å². The van der Waals surface area contributed by atoms with Crippen LogP contribution < -0.4 is 5.48 Å². The van der Waals surface area contributed by atoms with E-state index >= 15 is 0 Å². The number of nitrogens with zero attached hydrogens (tertiary/aromatic N) is 1. The van der Waals surface area contributed by atoms with Gasteiger partial charge in [-0.3, -0.25) is 4.99 Å². The van der Waals surface area contributed by atoms with Crippen LogP contribution in [0.25, 0.3) is 0 Å². The number of hydroxylamine groups is 1. The molecule has 0 saturated carbocycles. The zero-order valence-electron chi connectivity index (χ0n) is 8.49. The molecule has 9 heteroatoms. The summed E-state index contributed by atoms with van der Waals surface area (Å²) in [5.74, 6) is -0.119. The van der Waals surface area contributed by atoms with Gasteiger partial charge in [-0.1, -0.05) is 0 Å². The molecular formula is C7H15IN2O6. The summed E-state index contributed by atoms with van der Waals surface area (Å²) in [5, 5.41) is 46.0. The number of halogens is 1. The Bertz CT molecular complexity index is 229. The molecule has 0 heterocycles. The van der Waals surface area contributed by atoms with E-state index in [1.54, 1.807) is 0 Å². The number of amidine groups is 1. The third-order valence-electron chi connectivity index (χ3n) is 1.92. The predicted octanol–water partition coefficient (Wildman–Crippen LogP) is -2.68. The van der Waals surface area contributed by atoms with Crippen LogP contribution in [0.15, 0.2) is 4.99 Å². The van der Waals surface area contributed by atoms with Gasteiger partial charge in [-0.2, -0.15) is 0 Å². The van der Waals surface area contributed by atoms with Crippen molar-refractivity contribution in [2.45, 2.75) is 24.4 Å². The summed E-state index contributed by atoms with van der Waals surface area (Å²) in [7, 11) is 1.34. The van der Waals surface area contributed by atoms with Gasteiger partial charge in [0.1, 0.15) is 47.4 Å². The van der Waals surface area contributed by atoms with Gasteiger partial charge in [0, 0.05) is 7.05 Å². The lowest BCUT2D eigenvalue weighted by atomic mass is 10.0. The Morgan fingerprint density at radius 3 is 2.25 bits per heavy atom. The molecule has 0 fully saturated rings. The SMILES string of the molecule is CN=C(NOI)[C@H](O)[C@@H](O)[C@H](O)[C@H](O)CO. The molecule has 8 nitrogen and oxygen atoms in total. The van der Waals surface area contributed by atoms with Gasteiger partial charge in [0.15, 0.2) is 5.84 Å². The Morgan fingerprint density at radius 2 is 1.88 bits per heavy atom. The molecule has 0 radical (unpaired) electrons. The van der Waals surface area contributed by atoms with E-state index in [-0.39, 0.29) is 5.84 Å². The number of hydrogen-bond donors (Lipinski definition) is 6. The molecule has 0 spiro atoms. The number of aliphatic hydroxyl groups excluding tert-OH is 5. The van der Waals surface area contributed by atoms with E-state index in [0.29, 0.717) is 0 Å². The average Bonchev–Trinajstić information content (AvgIpc) is 2.32. The first-order valence-electron chi connectivity index (χ1n) is 4.33. The summed E-state index contributed by atoms with van der Waals surface area (Å²) in [6, 6.07) is 0. The minimum atomic E-state index is -1.71. The Morgan fingerprint density at radius 1 is 1.31 bits per heavy atom. The largest absolute Gasteiger partial charge is 0.394 e. The first-order chi connectivity index (χ1) is 7.49. The molecule has 0 saturated heterocycles. The molecule has 16 heavy (non-hydrogen) atoms. The highest BCUT2D eigenvalue weighted by Gasteiger charge is 2.32. The number of aliphatic hydroxyl groups is 5. The molecule has 0 unspecified atom stereocenters. The molecule has 0 rings (SSSR count). The maximum absolute atomic E-state index is 9.54. The summed E-state index contributed by atoms with van der Waals surface area (Å²) >= 11 is 1.48. The van der Waals surface area contributed by atoms with Gasteiger partial charge >= 0.3 is 0 Å². The maximum Gasteiger partial charge on any atom is 0.153 e. The van der Waals surface area contributed by atoms with E-state index in [2.05, 4.69) is 13.6 Å². The fourth-order valence-corrected chi connectivity index (χ4v) is 1.19. The van der Waals surface area contributed by atoms with Crippen molar-refractivity contribution in [3.8, 4) is 0 Å². The molecule has 4 atom stereocenters. The van der Waals surface area contributed by atoms with Crippen molar-refractivity contribution < 1.29 is 28.7 Å². The van der Waals surface area contributed by atoms with E-state index in [1.807, 2.05) is 0 Å². The van der Waals surface area contributed by atoms with Gasteiger partial charge in [0.2, 0.25) is 0 Å². The predicted molar refractivity (Wildman–Crippen MR) is 62.7 cm³/mol. The zero-order valence-corrected chi connectivity index (χ0v) is 10.6. The van der Waals surface area contributed by atoms with Crippen LogP contribution in [0.3, 0.4) is 0 Å². The molecule has 0 bridgehead atoms. The van der Waals surface area contributed by atoms with E-state index in [0.717, 1.165) is 0 Å². The van der Waals surface area contributed by atoms with Crippen molar-refractivity contribution in [3.63, 3.8) is 0 Å². The maximum atomic E-state index is 9.54. The van der Waals surface area contributed by atoms with Crippen LogP contribution >= 0.6 is 23.0 Å². The zero-order chi connectivity index (χ0) is 12.7. The second kappa shape index (κ2) is 8.11. The molecule has 0 aromatic heterocycles. The van der Waals surface area contributed by atoms with Crippen molar-refractivity contribution in [1.29, 1.82) is 0 Å². The van der Waals surface area contributed by atoms with Crippen molar-refractivity contribution >= 4 is 28.8 Å². The van der Waals surface area contributed by atoms with Crippen LogP contribution in [-0.4, -0.2) is 69.4 Å². The van der Waals surface area contributed by atoms with Crippen LogP contribution in [0.4, 0.5) is 0 Å². The molecule has 96 valence electrons. The lowest BCUT2D eigenvalue weighted by Crippen LogP contribution is -2.51. The van der Waals surface area contributed by atoms with Crippen LogP contribution in [-0.2, 0) is 3.17 Å². The van der Waals surface area contributed by atoms with E-state index in [4.69, 9.17) is 10.2 Å². The third-order valence-corrected chi connectivity index (χ3v) is 2.14. The fourth-order valence-electron chi connectivity index (χ4n) is 0.962. The van der Waals surface area contributed by atoms with Gasteiger partial charge in [-0.05, 0) is 0 Å². The molecule has 6 N–H and O–H groups in total. The fraction of sp³-hybridized carbons (Fsp3) is 0.857. The number of rotatable bonds is 6. The Balaban J connectivity index is 4.52. The molecule has 0 aliphatic rings. The van der Waals surface area contributed by atoms with Crippen LogP contribution in [0.1, 0.15) is 0 Å². The minimum Gasteiger partial charge on any atom is -0.394 e. The molecule has 0 aliphatic heterocycles. The summed E-state index contributed by atoms with van der Waals surface area (Å²) in [5.41, 5.74) is 2.20. The van der Waals surface area contributed by atoms with Gasteiger partial charge in [-0.25, -0.2) is 8.65 Å².